The van der Waals surface area contributed by atoms with Crippen LogP contribution in [0.2, 0.25) is 19.4 Å². The van der Waals surface area contributed by atoms with Crippen LogP contribution in [0.5, 0.6) is 0 Å². The number of hydrogen-bond donors (Lipinski definition) is 0. The molecule has 0 N–H and O–H groups in total. The quantitative estimate of drug-likeness (QED) is 0.612. The Labute approximate surface area is 84.4 Å². The van der Waals surface area contributed by atoms with Gasteiger partial charge in [0.25, 0.3) is 0 Å². The number of hydrogen-bond acceptors (Lipinski definition) is 1. The second kappa shape index (κ2) is 3.62. The lowest BCUT2D eigenvalue weighted by atomic mass is 9.52. The highest BCUT2D eigenvalue weighted by atomic mass is 28.3. The topological polar surface area (TPSA) is 3.24 Å². The van der Waals surface area contributed by atoms with Crippen LogP contribution in [0.3, 0.4) is 0 Å². The largest absolute Gasteiger partial charge is 0.360 e. The van der Waals surface area contributed by atoms with Gasteiger partial charge in [-0.15, -0.1) is 0 Å². The molecule has 1 nitrogen and oxygen atoms in total. The van der Waals surface area contributed by atoms with Crippen LogP contribution in [0.25, 0.3) is 0 Å². The van der Waals surface area contributed by atoms with Crippen LogP contribution >= 0.6 is 0 Å². The second-order valence-corrected chi connectivity index (χ2v) is 9.17. The smallest absolute Gasteiger partial charge is 0.245 e. The molecule has 1 aliphatic rings. The maximum atomic E-state index is 2.65. The molecule has 0 amide bonds. The molecule has 0 radical (unpaired) electrons. The van der Waals surface area contributed by atoms with Crippen molar-refractivity contribution in [3.8, 4) is 0 Å². The molecule has 0 atom stereocenters. The summed E-state index contributed by atoms with van der Waals surface area (Å²) in [7, 11) is 1.11. The van der Waals surface area contributed by atoms with Crippen molar-refractivity contribution in [3.05, 3.63) is 10.7 Å². The molecule has 1 heterocycles. The monoisotopic (exact) mass is 195 g/mol. The van der Waals surface area contributed by atoms with E-state index in [9.17, 15) is 0 Å². The van der Waals surface area contributed by atoms with E-state index in [0.717, 1.165) is 6.85 Å². The Hall–Kier alpha value is -0.0182. The van der Waals surface area contributed by atoms with E-state index in [1.807, 2.05) is 0 Å². The van der Waals surface area contributed by atoms with Gasteiger partial charge in [0.1, 0.15) is 8.24 Å². The van der Waals surface area contributed by atoms with Gasteiger partial charge in [0.2, 0.25) is 6.85 Å². The zero-order chi connectivity index (χ0) is 10.2. The van der Waals surface area contributed by atoms with Gasteiger partial charge in [0.05, 0.1) is 0 Å². The second-order valence-electron chi connectivity index (χ2n) is 4.60. The van der Waals surface area contributed by atoms with Gasteiger partial charge in [-0.25, -0.2) is 0 Å². The van der Waals surface area contributed by atoms with Crippen molar-refractivity contribution >= 4 is 15.1 Å². The fourth-order valence-electron chi connectivity index (χ4n) is 2.55. The molecular weight excluding hydrogens is 173 g/mol. The summed E-state index contributed by atoms with van der Waals surface area (Å²) in [6.07, 6.45) is 2.51. The maximum absolute atomic E-state index is 2.65. The highest BCUT2D eigenvalue weighted by molar-refractivity contribution is 6.95. The first-order chi connectivity index (χ1) is 5.96. The molecule has 1 aliphatic heterocycles. The van der Waals surface area contributed by atoms with Gasteiger partial charge in [-0.3, -0.25) is 0 Å². The van der Waals surface area contributed by atoms with E-state index in [4.69, 9.17) is 0 Å². The van der Waals surface area contributed by atoms with Gasteiger partial charge in [-0.05, 0) is 20.4 Å². The van der Waals surface area contributed by atoms with E-state index < -0.39 is 8.24 Å². The van der Waals surface area contributed by atoms with Crippen molar-refractivity contribution in [3.63, 3.8) is 0 Å². The molecule has 13 heavy (non-hydrogen) atoms. The van der Waals surface area contributed by atoms with Crippen LogP contribution in [0.1, 0.15) is 27.2 Å². The Balaban J connectivity index is 3.06. The average Bonchev–Trinajstić information content (AvgIpc) is 2.26. The van der Waals surface area contributed by atoms with Crippen molar-refractivity contribution in [1.82, 2.24) is 4.48 Å². The third-order valence-electron chi connectivity index (χ3n) is 3.92. The van der Waals surface area contributed by atoms with Crippen molar-refractivity contribution < 1.29 is 0 Å². The van der Waals surface area contributed by atoms with Crippen molar-refractivity contribution in [2.24, 2.45) is 0 Å². The van der Waals surface area contributed by atoms with Crippen LogP contribution in [0, 0.1) is 0 Å². The molecule has 0 aromatic rings. The normalized spacial score (nSPS) is 23.1. The fourth-order valence-corrected chi connectivity index (χ4v) is 5.33. The van der Waals surface area contributed by atoms with Crippen molar-refractivity contribution in [2.75, 3.05) is 7.05 Å². The Bertz CT molecular complexity index is 235. The van der Waals surface area contributed by atoms with Gasteiger partial charge in [0.15, 0.2) is 0 Å². The van der Waals surface area contributed by atoms with Crippen molar-refractivity contribution in [2.45, 2.75) is 46.6 Å². The Morgan fingerprint density at radius 2 is 1.85 bits per heavy atom. The average molecular weight is 195 g/mol. The minimum atomic E-state index is -1.20. The molecule has 0 fully saturated rings. The molecule has 0 saturated carbocycles. The van der Waals surface area contributed by atoms with Gasteiger partial charge >= 0.3 is 0 Å². The van der Waals surface area contributed by atoms with Gasteiger partial charge < -0.3 is 4.48 Å². The van der Waals surface area contributed by atoms with Crippen molar-refractivity contribution in [1.29, 1.82) is 0 Å². The van der Waals surface area contributed by atoms with Gasteiger partial charge in [-0.2, -0.15) is 0 Å². The van der Waals surface area contributed by atoms with Crippen LogP contribution in [0.15, 0.2) is 10.7 Å². The molecule has 0 spiro atoms. The summed E-state index contributed by atoms with van der Waals surface area (Å²) in [5, 5.41) is 1.73. The molecule has 74 valence electrons. The highest BCUT2D eigenvalue weighted by Gasteiger charge is 2.43. The van der Waals surface area contributed by atoms with E-state index in [1.54, 1.807) is 10.7 Å². The summed E-state index contributed by atoms with van der Waals surface area (Å²) in [5.41, 5.74) is 1.72. The summed E-state index contributed by atoms with van der Waals surface area (Å²) in [4.78, 5) is 0. The lowest BCUT2D eigenvalue weighted by Gasteiger charge is -2.31. The van der Waals surface area contributed by atoms with Crippen LogP contribution in [0.4, 0.5) is 0 Å². The maximum Gasteiger partial charge on any atom is 0.245 e. The summed E-state index contributed by atoms with van der Waals surface area (Å²) in [5.74, 6) is 0. The number of rotatable bonds is 2. The first kappa shape index (κ1) is 11.1. The molecule has 3 heteroatoms. The standard InChI is InChI=1S/C10H22BNSi/c1-7-10-9(3)13(5,6)12(4)11(10)8-2/h7-8H2,1-6H3. The van der Waals surface area contributed by atoms with Crippen LogP contribution in [-0.4, -0.2) is 26.6 Å². The third-order valence-corrected chi connectivity index (χ3v) is 8.15. The van der Waals surface area contributed by atoms with Gasteiger partial charge in [0, 0.05) is 0 Å². The minimum Gasteiger partial charge on any atom is -0.360 e. The first-order valence-electron chi connectivity index (χ1n) is 5.39. The zero-order valence-electron chi connectivity index (χ0n) is 9.94. The zero-order valence-corrected chi connectivity index (χ0v) is 10.9. The number of nitrogens with zero attached hydrogens (tertiary/aromatic N) is 1. The van der Waals surface area contributed by atoms with E-state index in [0.29, 0.717) is 0 Å². The summed E-state index contributed by atoms with van der Waals surface area (Å²) in [6.45, 7) is 12.6. The third kappa shape index (κ3) is 1.52. The predicted molar refractivity (Wildman–Crippen MR) is 64.5 cm³/mol. The molecular formula is C10H22BNSi. The lowest BCUT2D eigenvalue weighted by Crippen LogP contribution is -2.49. The molecule has 0 bridgehead atoms. The molecule has 0 saturated heterocycles. The molecule has 0 aliphatic carbocycles. The highest BCUT2D eigenvalue weighted by Crippen LogP contribution is 2.34. The summed E-state index contributed by atoms with van der Waals surface area (Å²) in [6, 6.07) is 0. The summed E-state index contributed by atoms with van der Waals surface area (Å²) < 4.78 is 2.65. The van der Waals surface area contributed by atoms with E-state index >= 15 is 0 Å². The number of allylic oxidation sites excluding steroid dienone is 2. The Morgan fingerprint density at radius 1 is 1.31 bits per heavy atom. The van der Waals surface area contributed by atoms with Crippen LogP contribution < -0.4 is 0 Å². The Kier molecular flexibility index (Phi) is 3.08. The molecule has 0 unspecified atom stereocenters. The van der Waals surface area contributed by atoms with E-state index in [1.165, 1.54) is 12.7 Å². The van der Waals surface area contributed by atoms with E-state index in [2.05, 4.69) is 45.4 Å². The van der Waals surface area contributed by atoms with Gasteiger partial charge in [-0.1, -0.05) is 43.9 Å². The van der Waals surface area contributed by atoms with E-state index in [-0.39, 0.29) is 0 Å². The van der Waals surface area contributed by atoms with Crippen LogP contribution in [-0.2, 0) is 0 Å². The SMILES string of the molecule is CCB1C(CC)=C(C)[Si](C)(C)N1C. The first-order valence-corrected chi connectivity index (χ1v) is 8.34. The molecule has 0 aromatic heterocycles. The lowest BCUT2D eigenvalue weighted by molar-refractivity contribution is 0.789. The Morgan fingerprint density at radius 3 is 2.15 bits per heavy atom. The minimum absolute atomic E-state index is 0.742. The predicted octanol–water partition coefficient (Wildman–Crippen LogP) is 2.95. The molecule has 0 aromatic carbocycles. The fraction of sp³-hybridized carbons (Fsp3) is 0.800. The molecule has 1 rings (SSSR count). The summed E-state index contributed by atoms with van der Waals surface area (Å²) >= 11 is 0.